The molecular weight excluding hydrogens is 246 g/mol. The third-order valence-corrected chi connectivity index (χ3v) is 3.45. The number of likely N-dealkylation sites (tertiary alicyclic amines) is 1. The van der Waals surface area contributed by atoms with Crippen LogP contribution in [0, 0.1) is 10.1 Å². The minimum Gasteiger partial charge on any atom is -0.337 e. The van der Waals surface area contributed by atoms with Gasteiger partial charge in [0.2, 0.25) is 0 Å². The highest BCUT2D eigenvalue weighted by Gasteiger charge is 2.27. The molecule has 1 aliphatic heterocycles. The summed E-state index contributed by atoms with van der Waals surface area (Å²) >= 11 is 0. The first-order valence-electron chi connectivity index (χ1n) is 6.33. The average Bonchev–Trinajstić information content (AvgIpc) is 2.46. The first-order chi connectivity index (χ1) is 9.13. The Labute approximate surface area is 111 Å². The summed E-state index contributed by atoms with van der Waals surface area (Å²) in [5.41, 5.74) is 0.0448. The Morgan fingerprint density at radius 1 is 1.47 bits per heavy atom. The largest absolute Gasteiger partial charge is 0.337 e. The van der Waals surface area contributed by atoms with Gasteiger partial charge in [-0.2, -0.15) is 0 Å². The molecule has 102 valence electrons. The highest BCUT2D eigenvalue weighted by Crippen LogP contribution is 2.21. The van der Waals surface area contributed by atoms with Crippen molar-refractivity contribution in [3.05, 3.63) is 39.9 Å². The number of nitrogens with one attached hydrogen (secondary N) is 1. The van der Waals surface area contributed by atoms with Gasteiger partial charge < -0.3 is 10.2 Å². The molecule has 1 aromatic rings. The predicted molar refractivity (Wildman–Crippen MR) is 71.1 cm³/mol. The van der Waals surface area contributed by atoms with Gasteiger partial charge in [0.25, 0.3) is 11.6 Å². The first-order valence-corrected chi connectivity index (χ1v) is 6.33. The lowest BCUT2D eigenvalue weighted by atomic mass is 10.0. The molecule has 1 amide bonds. The van der Waals surface area contributed by atoms with Crippen LogP contribution >= 0.6 is 0 Å². The van der Waals surface area contributed by atoms with E-state index in [1.54, 1.807) is 17.0 Å². The average molecular weight is 263 g/mol. The van der Waals surface area contributed by atoms with Gasteiger partial charge in [0.05, 0.1) is 4.92 Å². The Bertz CT molecular complexity index is 490. The van der Waals surface area contributed by atoms with Crippen LogP contribution in [0.1, 0.15) is 23.2 Å². The van der Waals surface area contributed by atoms with Crippen LogP contribution in [0.5, 0.6) is 0 Å². The lowest BCUT2D eigenvalue weighted by Gasteiger charge is -2.32. The number of nitro benzene ring substituents is 1. The molecule has 6 heteroatoms. The Kier molecular flexibility index (Phi) is 4.11. The zero-order valence-electron chi connectivity index (χ0n) is 10.8. The molecule has 0 aromatic heterocycles. The van der Waals surface area contributed by atoms with Gasteiger partial charge >= 0.3 is 0 Å². The monoisotopic (exact) mass is 263 g/mol. The lowest BCUT2D eigenvalue weighted by molar-refractivity contribution is -0.385. The molecule has 6 nitrogen and oxygen atoms in total. The Morgan fingerprint density at radius 2 is 2.21 bits per heavy atom. The molecule has 0 aliphatic carbocycles. The van der Waals surface area contributed by atoms with Gasteiger partial charge in [-0.1, -0.05) is 12.1 Å². The summed E-state index contributed by atoms with van der Waals surface area (Å²) < 4.78 is 0. The van der Waals surface area contributed by atoms with Gasteiger partial charge in [-0.25, -0.2) is 0 Å². The third-order valence-electron chi connectivity index (χ3n) is 3.45. The number of amides is 1. The summed E-state index contributed by atoms with van der Waals surface area (Å²) in [6, 6.07) is 6.37. The van der Waals surface area contributed by atoms with Crippen molar-refractivity contribution in [3.63, 3.8) is 0 Å². The van der Waals surface area contributed by atoms with Crippen molar-refractivity contribution in [2.24, 2.45) is 0 Å². The Balaban J connectivity index is 2.22. The maximum atomic E-state index is 12.4. The van der Waals surface area contributed by atoms with E-state index >= 15 is 0 Å². The molecule has 1 atom stereocenters. The SMILES string of the molecule is CNC1CCCN(C(=O)c2ccccc2[N+](=O)[O-])C1. The maximum absolute atomic E-state index is 12.4. The fraction of sp³-hybridized carbons (Fsp3) is 0.462. The predicted octanol–water partition coefficient (Wildman–Crippen LogP) is 1.42. The van der Waals surface area contributed by atoms with Gasteiger partial charge in [-0.05, 0) is 26.0 Å². The van der Waals surface area contributed by atoms with Crippen molar-refractivity contribution in [3.8, 4) is 0 Å². The molecule has 1 fully saturated rings. The van der Waals surface area contributed by atoms with Gasteiger partial charge in [-0.3, -0.25) is 14.9 Å². The summed E-state index contributed by atoms with van der Waals surface area (Å²) in [6.45, 7) is 1.25. The number of carbonyl (C=O) groups excluding carboxylic acids is 1. The molecule has 1 aliphatic rings. The van der Waals surface area contributed by atoms with Crippen molar-refractivity contribution in [2.75, 3.05) is 20.1 Å². The maximum Gasteiger partial charge on any atom is 0.282 e. The van der Waals surface area contributed by atoms with Crippen LogP contribution in [0.15, 0.2) is 24.3 Å². The Hall–Kier alpha value is -1.95. The molecule has 0 spiro atoms. The third kappa shape index (κ3) is 2.90. The number of carbonyl (C=O) groups is 1. The van der Waals surface area contributed by atoms with Crippen LogP contribution in [0.4, 0.5) is 5.69 Å². The number of hydrogen-bond acceptors (Lipinski definition) is 4. The minimum atomic E-state index is -0.507. The molecule has 1 unspecified atom stereocenters. The van der Waals surface area contributed by atoms with E-state index in [4.69, 9.17) is 0 Å². The number of benzene rings is 1. The summed E-state index contributed by atoms with van der Waals surface area (Å²) in [4.78, 5) is 24.5. The smallest absolute Gasteiger partial charge is 0.282 e. The standard InChI is InChI=1S/C13H17N3O3/c1-14-10-5-4-8-15(9-10)13(17)11-6-2-3-7-12(11)16(18)19/h2-3,6-7,10,14H,4-5,8-9H2,1H3. The molecule has 0 bridgehead atoms. The van der Waals surface area contributed by atoms with E-state index in [2.05, 4.69) is 5.32 Å². The molecule has 1 saturated heterocycles. The fourth-order valence-corrected chi connectivity index (χ4v) is 2.38. The molecule has 1 heterocycles. The molecule has 0 radical (unpaired) electrons. The molecule has 2 rings (SSSR count). The first kappa shape index (κ1) is 13.5. The number of rotatable bonds is 3. The second-order valence-corrected chi connectivity index (χ2v) is 4.65. The minimum absolute atomic E-state index is 0.126. The highest BCUT2D eigenvalue weighted by atomic mass is 16.6. The van der Waals surface area contributed by atoms with E-state index in [1.807, 2.05) is 7.05 Å². The number of para-hydroxylation sites is 1. The zero-order valence-corrected chi connectivity index (χ0v) is 10.8. The number of nitro groups is 1. The van der Waals surface area contributed by atoms with Crippen molar-refractivity contribution >= 4 is 11.6 Å². The van der Waals surface area contributed by atoms with Gasteiger partial charge in [0, 0.05) is 25.2 Å². The van der Waals surface area contributed by atoms with Gasteiger partial charge in [0.15, 0.2) is 0 Å². The van der Waals surface area contributed by atoms with E-state index in [-0.39, 0.29) is 23.2 Å². The summed E-state index contributed by atoms with van der Waals surface area (Å²) in [6.07, 6.45) is 1.94. The van der Waals surface area contributed by atoms with Crippen molar-refractivity contribution in [1.82, 2.24) is 10.2 Å². The van der Waals surface area contributed by atoms with Crippen molar-refractivity contribution in [1.29, 1.82) is 0 Å². The van der Waals surface area contributed by atoms with E-state index < -0.39 is 4.92 Å². The summed E-state index contributed by atoms with van der Waals surface area (Å²) in [7, 11) is 1.86. The normalized spacial score (nSPS) is 19.2. The van der Waals surface area contributed by atoms with Crippen LogP contribution in [-0.2, 0) is 0 Å². The van der Waals surface area contributed by atoms with Crippen molar-refractivity contribution < 1.29 is 9.72 Å². The van der Waals surface area contributed by atoms with Crippen LogP contribution in [0.3, 0.4) is 0 Å². The summed E-state index contributed by atoms with van der Waals surface area (Å²) in [5, 5.41) is 14.1. The van der Waals surface area contributed by atoms with E-state index in [9.17, 15) is 14.9 Å². The quantitative estimate of drug-likeness (QED) is 0.661. The van der Waals surface area contributed by atoms with Gasteiger partial charge in [-0.15, -0.1) is 0 Å². The van der Waals surface area contributed by atoms with E-state index in [0.29, 0.717) is 13.1 Å². The number of nitrogens with zero attached hydrogens (tertiary/aromatic N) is 2. The number of likely N-dealkylation sites (N-methyl/N-ethyl adjacent to an activating group) is 1. The number of hydrogen-bond donors (Lipinski definition) is 1. The lowest BCUT2D eigenvalue weighted by Crippen LogP contribution is -2.47. The molecule has 1 aromatic carbocycles. The molecule has 19 heavy (non-hydrogen) atoms. The van der Waals surface area contributed by atoms with Crippen LogP contribution in [0.25, 0.3) is 0 Å². The van der Waals surface area contributed by atoms with Gasteiger partial charge in [0.1, 0.15) is 5.56 Å². The van der Waals surface area contributed by atoms with Crippen LogP contribution in [0.2, 0.25) is 0 Å². The molecular formula is C13H17N3O3. The fourth-order valence-electron chi connectivity index (χ4n) is 2.38. The Morgan fingerprint density at radius 3 is 2.89 bits per heavy atom. The second kappa shape index (κ2) is 5.79. The van der Waals surface area contributed by atoms with Crippen molar-refractivity contribution in [2.45, 2.75) is 18.9 Å². The van der Waals surface area contributed by atoms with Crippen LogP contribution < -0.4 is 5.32 Å². The topological polar surface area (TPSA) is 75.5 Å². The molecule has 0 saturated carbocycles. The second-order valence-electron chi connectivity index (χ2n) is 4.65. The summed E-state index contributed by atoms with van der Waals surface area (Å²) in [5.74, 6) is -0.257. The highest BCUT2D eigenvalue weighted by molar-refractivity contribution is 5.98. The van der Waals surface area contributed by atoms with E-state index in [0.717, 1.165) is 12.8 Å². The van der Waals surface area contributed by atoms with E-state index in [1.165, 1.54) is 12.1 Å². The number of piperidine rings is 1. The van der Waals surface area contributed by atoms with Crippen LogP contribution in [-0.4, -0.2) is 41.9 Å². The zero-order chi connectivity index (χ0) is 13.8. The molecule has 1 N–H and O–H groups in total.